The van der Waals surface area contributed by atoms with Crippen LogP contribution in [0.4, 0.5) is 0 Å². The van der Waals surface area contributed by atoms with Crippen molar-refractivity contribution in [1.29, 1.82) is 0 Å². The predicted molar refractivity (Wildman–Crippen MR) is 62.9 cm³/mol. The van der Waals surface area contributed by atoms with Gasteiger partial charge in [0.05, 0.1) is 11.3 Å². The zero-order valence-electron chi connectivity index (χ0n) is 9.65. The molecule has 0 aromatic carbocycles. The van der Waals surface area contributed by atoms with Crippen molar-refractivity contribution >= 4 is 5.78 Å². The maximum atomic E-state index is 11.8. The normalized spacial score (nSPS) is 28.2. The van der Waals surface area contributed by atoms with Crippen LogP contribution in [0.25, 0.3) is 0 Å². The number of hydrogen-bond acceptors (Lipinski definition) is 5. The van der Waals surface area contributed by atoms with Crippen molar-refractivity contribution in [3.63, 3.8) is 0 Å². The van der Waals surface area contributed by atoms with Crippen LogP contribution < -0.4 is 11.1 Å². The molecule has 1 fully saturated rings. The molecule has 0 saturated carbocycles. The van der Waals surface area contributed by atoms with Crippen LogP contribution in [0.5, 0.6) is 0 Å². The quantitative estimate of drug-likeness (QED) is 0.713. The smallest absolute Gasteiger partial charge is 0.167 e. The maximum absolute atomic E-state index is 11.8. The number of carbonyl (C=O) groups excluding carboxylic acids is 1. The first-order chi connectivity index (χ1) is 8.24. The molecular formula is C12H16N4O. The number of ketones is 1. The van der Waals surface area contributed by atoms with E-state index in [1.807, 2.05) is 0 Å². The second-order valence-corrected chi connectivity index (χ2v) is 4.87. The Balaban J connectivity index is 1.94. The van der Waals surface area contributed by atoms with Gasteiger partial charge in [0.25, 0.3) is 0 Å². The van der Waals surface area contributed by atoms with E-state index in [0.29, 0.717) is 24.3 Å². The molecule has 1 aliphatic heterocycles. The number of aromatic nitrogens is 2. The number of fused-ring (bicyclic) bond motifs is 1. The van der Waals surface area contributed by atoms with Gasteiger partial charge in [-0.2, -0.15) is 0 Å². The molecule has 2 aliphatic rings. The van der Waals surface area contributed by atoms with Gasteiger partial charge in [-0.15, -0.1) is 0 Å². The number of carbonyl (C=O) groups is 1. The van der Waals surface area contributed by atoms with Gasteiger partial charge in [0, 0.05) is 37.5 Å². The van der Waals surface area contributed by atoms with Gasteiger partial charge in [0.1, 0.15) is 5.82 Å². The lowest BCUT2D eigenvalue weighted by molar-refractivity contribution is 0.0963. The molecule has 0 amide bonds. The Morgan fingerprint density at radius 2 is 2.29 bits per heavy atom. The summed E-state index contributed by atoms with van der Waals surface area (Å²) in [5.41, 5.74) is 7.36. The summed E-state index contributed by atoms with van der Waals surface area (Å²) in [7, 11) is 0. The van der Waals surface area contributed by atoms with Crippen LogP contribution in [0.3, 0.4) is 0 Å². The largest absolute Gasteiger partial charge is 0.327 e. The number of Topliss-reactive ketones (excluding diaryl/α,β-unsaturated/α-hetero) is 1. The molecule has 2 heterocycles. The number of hydrogen-bond donors (Lipinski definition) is 2. The van der Waals surface area contributed by atoms with E-state index in [1.165, 1.54) is 0 Å². The Hall–Kier alpha value is -1.33. The Labute approximate surface area is 99.8 Å². The van der Waals surface area contributed by atoms with Crippen LogP contribution in [0.1, 0.15) is 40.6 Å². The third-order valence-corrected chi connectivity index (χ3v) is 3.52. The lowest BCUT2D eigenvalue weighted by Gasteiger charge is -2.20. The Morgan fingerprint density at radius 3 is 3.06 bits per heavy atom. The molecular weight excluding hydrogens is 216 g/mol. The minimum absolute atomic E-state index is 0.0786. The number of nitrogens with one attached hydrogen (secondary N) is 1. The standard InChI is InChI=1S/C12H16N4O/c13-8-3-10-9(11(17)4-8)6-15-12(16-10)7-1-2-14-5-7/h6-8,14H,1-5,13H2. The third-order valence-electron chi connectivity index (χ3n) is 3.52. The second kappa shape index (κ2) is 4.16. The van der Waals surface area contributed by atoms with Gasteiger partial charge in [0.15, 0.2) is 5.78 Å². The van der Waals surface area contributed by atoms with Crippen LogP contribution in [-0.2, 0) is 6.42 Å². The highest BCUT2D eigenvalue weighted by Gasteiger charge is 2.26. The summed E-state index contributed by atoms with van der Waals surface area (Å²) in [6.45, 7) is 1.95. The zero-order valence-corrected chi connectivity index (χ0v) is 9.65. The van der Waals surface area contributed by atoms with E-state index in [-0.39, 0.29) is 11.8 Å². The van der Waals surface area contributed by atoms with E-state index in [4.69, 9.17) is 5.73 Å². The first-order valence-corrected chi connectivity index (χ1v) is 6.09. The fourth-order valence-corrected chi connectivity index (χ4v) is 2.56. The molecule has 0 radical (unpaired) electrons. The van der Waals surface area contributed by atoms with E-state index < -0.39 is 0 Å². The van der Waals surface area contributed by atoms with Crippen molar-refractivity contribution in [3.8, 4) is 0 Å². The molecule has 1 aromatic rings. The van der Waals surface area contributed by atoms with Crippen molar-refractivity contribution in [2.45, 2.75) is 31.2 Å². The highest BCUT2D eigenvalue weighted by atomic mass is 16.1. The van der Waals surface area contributed by atoms with Crippen LogP contribution in [0.2, 0.25) is 0 Å². The van der Waals surface area contributed by atoms with Gasteiger partial charge in [-0.05, 0) is 13.0 Å². The summed E-state index contributed by atoms with van der Waals surface area (Å²) < 4.78 is 0. The van der Waals surface area contributed by atoms with Crippen molar-refractivity contribution in [1.82, 2.24) is 15.3 Å². The number of nitrogens with two attached hydrogens (primary N) is 1. The molecule has 2 atom stereocenters. The van der Waals surface area contributed by atoms with Gasteiger partial charge in [-0.25, -0.2) is 9.97 Å². The molecule has 2 unspecified atom stereocenters. The van der Waals surface area contributed by atoms with Gasteiger partial charge in [-0.3, -0.25) is 4.79 Å². The highest BCUT2D eigenvalue weighted by molar-refractivity contribution is 5.98. The highest BCUT2D eigenvalue weighted by Crippen LogP contribution is 2.23. The first-order valence-electron chi connectivity index (χ1n) is 6.09. The van der Waals surface area contributed by atoms with Crippen molar-refractivity contribution in [2.75, 3.05) is 13.1 Å². The van der Waals surface area contributed by atoms with E-state index >= 15 is 0 Å². The van der Waals surface area contributed by atoms with Gasteiger partial charge < -0.3 is 11.1 Å². The number of nitrogens with zero attached hydrogens (tertiary/aromatic N) is 2. The summed E-state index contributed by atoms with van der Waals surface area (Å²) >= 11 is 0. The molecule has 90 valence electrons. The minimum Gasteiger partial charge on any atom is -0.327 e. The van der Waals surface area contributed by atoms with Crippen molar-refractivity contribution in [3.05, 3.63) is 23.3 Å². The van der Waals surface area contributed by atoms with E-state index in [0.717, 1.165) is 31.0 Å². The van der Waals surface area contributed by atoms with Crippen LogP contribution >= 0.6 is 0 Å². The molecule has 3 rings (SSSR count). The van der Waals surface area contributed by atoms with Crippen molar-refractivity contribution in [2.24, 2.45) is 5.73 Å². The summed E-state index contributed by atoms with van der Waals surface area (Å²) in [6.07, 6.45) is 3.86. The van der Waals surface area contributed by atoms with Crippen molar-refractivity contribution < 1.29 is 4.79 Å². The average molecular weight is 232 g/mol. The molecule has 1 aliphatic carbocycles. The Kier molecular flexibility index (Phi) is 2.64. The Morgan fingerprint density at radius 1 is 1.41 bits per heavy atom. The van der Waals surface area contributed by atoms with Gasteiger partial charge in [0.2, 0.25) is 0 Å². The zero-order chi connectivity index (χ0) is 11.8. The SMILES string of the molecule is NC1CC(=O)c2cnc(C3CCNC3)nc2C1. The molecule has 5 heteroatoms. The monoisotopic (exact) mass is 232 g/mol. The minimum atomic E-state index is -0.0838. The number of rotatable bonds is 1. The van der Waals surface area contributed by atoms with E-state index in [1.54, 1.807) is 6.20 Å². The Bertz CT molecular complexity index is 454. The summed E-state index contributed by atoms with van der Waals surface area (Å²) in [5, 5.41) is 3.30. The van der Waals surface area contributed by atoms with Crippen LogP contribution in [0, 0.1) is 0 Å². The molecule has 3 N–H and O–H groups in total. The fraction of sp³-hybridized carbons (Fsp3) is 0.583. The van der Waals surface area contributed by atoms with Gasteiger partial charge >= 0.3 is 0 Å². The molecule has 17 heavy (non-hydrogen) atoms. The lowest BCUT2D eigenvalue weighted by atomic mass is 9.92. The maximum Gasteiger partial charge on any atom is 0.167 e. The fourth-order valence-electron chi connectivity index (χ4n) is 2.56. The van der Waals surface area contributed by atoms with E-state index in [2.05, 4.69) is 15.3 Å². The summed E-state index contributed by atoms with van der Waals surface area (Å²) in [6, 6.07) is -0.0838. The van der Waals surface area contributed by atoms with Crippen LogP contribution in [-0.4, -0.2) is 34.9 Å². The second-order valence-electron chi connectivity index (χ2n) is 4.87. The average Bonchev–Trinajstić information content (AvgIpc) is 2.81. The van der Waals surface area contributed by atoms with E-state index in [9.17, 15) is 4.79 Å². The molecule has 0 spiro atoms. The first kappa shape index (κ1) is 10.8. The van der Waals surface area contributed by atoms with Gasteiger partial charge in [-0.1, -0.05) is 0 Å². The summed E-state index contributed by atoms with van der Waals surface area (Å²) in [5.74, 6) is 1.32. The lowest BCUT2D eigenvalue weighted by Crippen LogP contribution is -2.33. The predicted octanol–water partition coefficient (Wildman–Crippen LogP) is 0.00970. The topological polar surface area (TPSA) is 80.9 Å². The summed E-state index contributed by atoms with van der Waals surface area (Å²) in [4.78, 5) is 20.6. The molecule has 1 saturated heterocycles. The molecule has 0 bridgehead atoms. The molecule has 5 nitrogen and oxygen atoms in total. The van der Waals surface area contributed by atoms with Crippen LogP contribution in [0.15, 0.2) is 6.20 Å². The molecule has 1 aromatic heterocycles. The third kappa shape index (κ3) is 1.96.